The third-order valence-electron chi connectivity index (χ3n) is 3.72. The van der Waals surface area contributed by atoms with Crippen molar-refractivity contribution in [1.29, 1.82) is 0 Å². The summed E-state index contributed by atoms with van der Waals surface area (Å²) in [5, 5.41) is 7.25. The van der Waals surface area contributed by atoms with E-state index in [1.165, 1.54) is 0 Å². The van der Waals surface area contributed by atoms with Crippen LogP contribution in [0.1, 0.15) is 5.56 Å². The van der Waals surface area contributed by atoms with E-state index in [4.69, 9.17) is 33.9 Å². The van der Waals surface area contributed by atoms with E-state index in [0.717, 1.165) is 50.7 Å². The molecule has 0 saturated carbocycles. The number of morpholine rings is 1. The van der Waals surface area contributed by atoms with Crippen molar-refractivity contribution in [2.45, 2.75) is 6.54 Å². The predicted molar refractivity (Wildman–Crippen MR) is 107 cm³/mol. The summed E-state index contributed by atoms with van der Waals surface area (Å²) < 4.78 is 10.5. The Labute approximate surface area is 159 Å². The summed E-state index contributed by atoms with van der Waals surface area (Å²) in [4.78, 5) is 2.34. The molecule has 4 N–H and O–H groups in total. The Morgan fingerprint density at radius 2 is 1.72 bits per heavy atom. The second-order valence-corrected chi connectivity index (χ2v) is 6.31. The lowest BCUT2D eigenvalue weighted by Gasteiger charge is -2.26. The van der Waals surface area contributed by atoms with Crippen molar-refractivity contribution in [2.24, 2.45) is 0 Å². The van der Waals surface area contributed by atoms with Crippen LogP contribution in [0.15, 0.2) is 24.3 Å². The van der Waals surface area contributed by atoms with Crippen molar-refractivity contribution in [3.05, 3.63) is 29.8 Å². The molecule has 138 valence electrons. The molecule has 1 aliphatic rings. The quantitative estimate of drug-likeness (QED) is 0.412. The molecule has 0 radical (unpaired) electrons. The van der Waals surface area contributed by atoms with Crippen LogP contribution >= 0.6 is 24.4 Å². The molecule has 0 bridgehead atoms. The first-order valence-electron chi connectivity index (χ1n) is 8.18. The maximum Gasteiger partial charge on any atom is 0.185 e. The Kier molecular flexibility index (Phi) is 8.67. The van der Waals surface area contributed by atoms with Gasteiger partial charge in [0.2, 0.25) is 0 Å². The highest BCUT2D eigenvalue weighted by molar-refractivity contribution is 7.80. The van der Waals surface area contributed by atoms with E-state index in [2.05, 4.69) is 26.4 Å². The van der Waals surface area contributed by atoms with Crippen molar-refractivity contribution >= 4 is 34.7 Å². The summed E-state index contributed by atoms with van der Waals surface area (Å²) in [6.45, 7) is 5.88. The van der Waals surface area contributed by atoms with Gasteiger partial charge >= 0.3 is 0 Å². The van der Waals surface area contributed by atoms with Gasteiger partial charge in [0, 0.05) is 32.7 Å². The average molecular weight is 384 g/mol. The van der Waals surface area contributed by atoms with E-state index in [1.807, 2.05) is 24.3 Å². The van der Waals surface area contributed by atoms with E-state index >= 15 is 0 Å². The SMILES string of the molecule is COc1ccc(CNC(=S)NNC(=S)NCCN2CCOCC2)cc1. The Bertz CT molecular complexity index is 550. The van der Waals surface area contributed by atoms with Crippen molar-refractivity contribution in [1.82, 2.24) is 26.4 Å². The van der Waals surface area contributed by atoms with Crippen LogP contribution in [0.4, 0.5) is 0 Å². The minimum atomic E-state index is 0.480. The van der Waals surface area contributed by atoms with Crippen LogP contribution in [0, 0.1) is 0 Å². The summed E-state index contributed by atoms with van der Waals surface area (Å²) >= 11 is 10.4. The molecule has 2 rings (SSSR count). The molecule has 0 amide bonds. The van der Waals surface area contributed by atoms with Gasteiger partial charge in [0.15, 0.2) is 10.2 Å². The maximum absolute atomic E-state index is 5.32. The number of hydrazine groups is 1. The fourth-order valence-electron chi connectivity index (χ4n) is 2.28. The van der Waals surface area contributed by atoms with Crippen molar-refractivity contribution < 1.29 is 9.47 Å². The van der Waals surface area contributed by atoms with Gasteiger partial charge in [-0.1, -0.05) is 12.1 Å². The average Bonchev–Trinajstić information content (AvgIpc) is 2.66. The largest absolute Gasteiger partial charge is 0.497 e. The molecule has 1 heterocycles. The molecule has 1 aromatic carbocycles. The third-order valence-corrected chi connectivity index (χ3v) is 4.21. The van der Waals surface area contributed by atoms with E-state index in [1.54, 1.807) is 7.11 Å². The number of hydrogen-bond donors (Lipinski definition) is 4. The minimum absolute atomic E-state index is 0.480. The first-order chi connectivity index (χ1) is 12.2. The molecule has 0 aromatic heterocycles. The minimum Gasteiger partial charge on any atom is -0.497 e. The second-order valence-electron chi connectivity index (χ2n) is 5.49. The van der Waals surface area contributed by atoms with Crippen molar-refractivity contribution in [2.75, 3.05) is 46.5 Å². The van der Waals surface area contributed by atoms with E-state index in [9.17, 15) is 0 Å². The monoisotopic (exact) mass is 383 g/mol. The molecule has 0 unspecified atom stereocenters. The maximum atomic E-state index is 5.32. The van der Waals surface area contributed by atoms with Gasteiger partial charge in [-0.05, 0) is 42.1 Å². The molecule has 25 heavy (non-hydrogen) atoms. The fourth-order valence-corrected chi connectivity index (χ4v) is 2.56. The summed E-state index contributed by atoms with van der Waals surface area (Å²) in [6, 6.07) is 7.80. The van der Waals surface area contributed by atoms with Crippen LogP contribution in [0.25, 0.3) is 0 Å². The van der Waals surface area contributed by atoms with Gasteiger partial charge in [-0.25, -0.2) is 0 Å². The number of nitrogens with zero attached hydrogens (tertiary/aromatic N) is 1. The highest BCUT2D eigenvalue weighted by atomic mass is 32.1. The highest BCUT2D eigenvalue weighted by Gasteiger charge is 2.09. The van der Waals surface area contributed by atoms with Crippen LogP contribution in [0.3, 0.4) is 0 Å². The van der Waals surface area contributed by atoms with Gasteiger partial charge in [-0.2, -0.15) is 0 Å². The molecule has 1 fully saturated rings. The molecule has 1 aromatic rings. The summed E-state index contributed by atoms with van der Waals surface area (Å²) in [5.74, 6) is 0.833. The Morgan fingerprint density at radius 1 is 1.08 bits per heavy atom. The van der Waals surface area contributed by atoms with E-state index < -0.39 is 0 Å². The summed E-state index contributed by atoms with van der Waals surface area (Å²) in [6.07, 6.45) is 0. The number of nitrogens with one attached hydrogen (secondary N) is 4. The van der Waals surface area contributed by atoms with Crippen molar-refractivity contribution in [3.63, 3.8) is 0 Å². The molecular formula is C16H25N5O2S2. The van der Waals surface area contributed by atoms with Crippen LogP contribution in [0.5, 0.6) is 5.75 Å². The molecule has 1 saturated heterocycles. The third kappa shape index (κ3) is 7.82. The second kappa shape index (κ2) is 11.0. The van der Waals surface area contributed by atoms with Crippen LogP contribution in [-0.4, -0.2) is 61.6 Å². The van der Waals surface area contributed by atoms with Crippen molar-refractivity contribution in [3.8, 4) is 5.75 Å². The lowest BCUT2D eigenvalue weighted by Crippen LogP contribution is -2.51. The Balaban J connectivity index is 1.54. The first kappa shape index (κ1) is 19.6. The lowest BCUT2D eigenvalue weighted by atomic mass is 10.2. The summed E-state index contributed by atoms with van der Waals surface area (Å²) in [5.41, 5.74) is 6.86. The molecule has 0 spiro atoms. The standard InChI is InChI=1S/C16H25N5O2S2/c1-22-14-4-2-13(3-5-14)12-18-16(25)20-19-15(24)17-6-7-21-8-10-23-11-9-21/h2-5H,6-12H2,1H3,(H2,17,19,24)(H2,18,20,25). The number of rotatable bonds is 6. The number of ether oxygens (including phenoxy) is 2. The van der Waals surface area contributed by atoms with E-state index in [-0.39, 0.29) is 0 Å². The van der Waals surface area contributed by atoms with E-state index in [0.29, 0.717) is 16.8 Å². The van der Waals surface area contributed by atoms with Gasteiger partial charge in [-0.15, -0.1) is 0 Å². The number of benzene rings is 1. The molecule has 0 aliphatic carbocycles. The van der Waals surface area contributed by atoms with Gasteiger partial charge in [0.1, 0.15) is 5.75 Å². The molecule has 1 aliphatic heterocycles. The zero-order chi connectivity index (χ0) is 17.9. The number of hydrogen-bond acceptors (Lipinski definition) is 5. The normalized spacial score (nSPS) is 14.4. The topological polar surface area (TPSA) is 69.8 Å². The Hall–Kier alpha value is -1.68. The predicted octanol–water partition coefficient (Wildman–Crippen LogP) is 0.371. The lowest BCUT2D eigenvalue weighted by molar-refractivity contribution is 0.0389. The van der Waals surface area contributed by atoms with Gasteiger partial charge in [-0.3, -0.25) is 15.8 Å². The molecular weight excluding hydrogens is 358 g/mol. The van der Waals surface area contributed by atoms with Crippen LogP contribution in [-0.2, 0) is 11.3 Å². The number of methoxy groups -OCH3 is 1. The van der Waals surface area contributed by atoms with Crippen LogP contribution < -0.4 is 26.2 Å². The van der Waals surface area contributed by atoms with Gasteiger partial charge in [0.05, 0.1) is 20.3 Å². The summed E-state index contributed by atoms with van der Waals surface area (Å²) in [7, 11) is 1.65. The molecule has 9 heteroatoms. The zero-order valence-corrected chi connectivity index (χ0v) is 16.0. The number of thiocarbonyl (C=S) groups is 2. The fraction of sp³-hybridized carbons (Fsp3) is 0.500. The van der Waals surface area contributed by atoms with Gasteiger partial charge < -0.3 is 20.1 Å². The molecule has 7 nitrogen and oxygen atoms in total. The van der Waals surface area contributed by atoms with Gasteiger partial charge in [0.25, 0.3) is 0 Å². The zero-order valence-electron chi connectivity index (χ0n) is 14.3. The first-order valence-corrected chi connectivity index (χ1v) is 9.00. The molecule has 0 atom stereocenters. The highest BCUT2D eigenvalue weighted by Crippen LogP contribution is 2.10. The van der Waals surface area contributed by atoms with Crippen LogP contribution in [0.2, 0.25) is 0 Å². The smallest absolute Gasteiger partial charge is 0.185 e. The Morgan fingerprint density at radius 3 is 2.36 bits per heavy atom.